The lowest BCUT2D eigenvalue weighted by atomic mass is 10.1. The largest absolute Gasteiger partial charge is 0.370 e. The molecule has 1 amide bonds. The summed E-state index contributed by atoms with van der Waals surface area (Å²) in [4.78, 5) is 28.1. The number of carbonyl (C=O) groups is 2. The standard InChI is InChI=1S/C19H17N5O2S2/c20-17(26)7-8-24-18(16-6-3-9-27-16)22-23-19(24)28-11-15(25)13-10-21-14-5-2-1-4-12(13)14/h1-6,9-10,21H,7-8,11H2,(H2,20,26). The van der Waals surface area contributed by atoms with Crippen molar-refractivity contribution >= 4 is 45.7 Å². The van der Waals surface area contributed by atoms with Crippen LogP contribution in [0.5, 0.6) is 0 Å². The normalized spacial score (nSPS) is 11.1. The molecule has 0 radical (unpaired) electrons. The number of aromatic nitrogens is 4. The Morgan fingerprint density at radius 2 is 2.04 bits per heavy atom. The van der Waals surface area contributed by atoms with Crippen LogP contribution in [0.25, 0.3) is 21.6 Å². The molecule has 7 nitrogen and oxygen atoms in total. The fraction of sp³-hybridized carbons (Fsp3) is 0.158. The minimum Gasteiger partial charge on any atom is -0.370 e. The van der Waals surface area contributed by atoms with Crippen molar-refractivity contribution < 1.29 is 9.59 Å². The monoisotopic (exact) mass is 411 g/mol. The number of nitrogens with zero attached hydrogens (tertiary/aromatic N) is 3. The summed E-state index contributed by atoms with van der Waals surface area (Å²) in [7, 11) is 0. The molecular formula is C19H17N5O2S2. The topological polar surface area (TPSA) is 107 Å². The number of amides is 1. The minimum absolute atomic E-state index is 0.00424. The molecular weight excluding hydrogens is 394 g/mol. The number of ketones is 1. The fourth-order valence-corrected chi connectivity index (χ4v) is 4.48. The molecule has 4 aromatic rings. The Morgan fingerprint density at radius 3 is 2.82 bits per heavy atom. The number of fused-ring (bicyclic) bond motifs is 1. The average molecular weight is 412 g/mol. The molecule has 0 aliphatic carbocycles. The number of nitrogens with two attached hydrogens (primary N) is 1. The van der Waals surface area contributed by atoms with Gasteiger partial charge < -0.3 is 15.3 Å². The van der Waals surface area contributed by atoms with E-state index >= 15 is 0 Å². The third-order valence-corrected chi connectivity index (χ3v) is 6.09. The number of hydrogen-bond donors (Lipinski definition) is 2. The smallest absolute Gasteiger partial charge is 0.219 e. The molecule has 1 aromatic carbocycles. The van der Waals surface area contributed by atoms with Gasteiger partial charge in [-0.05, 0) is 17.5 Å². The number of H-pyrrole nitrogens is 1. The molecule has 9 heteroatoms. The summed E-state index contributed by atoms with van der Waals surface area (Å²) >= 11 is 2.85. The van der Waals surface area contributed by atoms with Crippen LogP contribution < -0.4 is 5.73 Å². The highest BCUT2D eigenvalue weighted by Crippen LogP contribution is 2.28. The van der Waals surface area contributed by atoms with E-state index in [1.54, 1.807) is 17.5 Å². The first-order valence-corrected chi connectivity index (χ1v) is 10.5. The van der Waals surface area contributed by atoms with Gasteiger partial charge in [0, 0.05) is 35.6 Å². The number of para-hydroxylation sites is 1. The van der Waals surface area contributed by atoms with Gasteiger partial charge in [-0.25, -0.2) is 0 Å². The number of aromatic amines is 1. The highest BCUT2D eigenvalue weighted by atomic mass is 32.2. The van der Waals surface area contributed by atoms with E-state index in [1.807, 2.05) is 46.3 Å². The zero-order chi connectivity index (χ0) is 19.5. The Morgan fingerprint density at radius 1 is 1.18 bits per heavy atom. The van der Waals surface area contributed by atoms with Crippen LogP contribution in [0.3, 0.4) is 0 Å². The molecule has 0 fully saturated rings. The molecule has 0 unspecified atom stereocenters. The Hall–Kier alpha value is -2.91. The summed E-state index contributed by atoms with van der Waals surface area (Å²) in [6, 6.07) is 11.6. The van der Waals surface area contributed by atoms with Crippen LogP contribution in [0.15, 0.2) is 53.1 Å². The second kappa shape index (κ2) is 7.99. The summed E-state index contributed by atoms with van der Waals surface area (Å²) in [5.41, 5.74) is 6.90. The third-order valence-electron chi connectivity index (χ3n) is 4.26. The SMILES string of the molecule is NC(=O)CCn1c(SCC(=O)c2c[nH]c3ccccc23)nnc1-c1cccs1. The molecule has 3 aromatic heterocycles. The zero-order valence-electron chi connectivity index (χ0n) is 14.8. The zero-order valence-corrected chi connectivity index (χ0v) is 16.4. The number of Topliss-reactive ketones (excluding diaryl/α,β-unsaturated/α-hetero) is 1. The average Bonchev–Trinajstić information content (AvgIpc) is 3.43. The first-order valence-electron chi connectivity index (χ1n) is 8.61. The first kappa shape index (κ1) is 18.5. The Balaban J connectivity index is 1.55. The van der Waals surface area contributed by atoms with Crippen LogP contribution in [-0.4, -0.2) is 37.2 Å². The molecule has 28 heavy (non-hydrogen) atoms. The van der Waals surface area contributed by atoms with Crippen LogP contribution in [-0.2, 0) is 11.3 Å². The van der Waals surface area contributed by atoms with Gasteiger partial charge in [-0.15, -0.1) is 21.5 Å². The van der Waals surface area contributed by atoms with E-state index in [9.17, 15) is 9.59 Å². The predicted octanol–water partition coefficient (Wildman–Crippen LogP) is 3.34. The second-order valence-corrected chi connectivity index (χ2v) is 8.00. The molecule has 4 rings (SSSR count). The summed E-state index contributed by atoms with van der Waals surface area (Å²) in [6.45, 7) is 0.374. The molecule has 0 aliphatic heterocycles. The van der Waals surface area contributed by atoms with Crippen LogP contribution in [0.4, 0.5) is 0 Å². The van der Waals surface area contributed by atoms with Gasteiger partial charge in [0.05, 0.1) is 10.6 Å². The summed E-state index contributed by atoms with van der Waals surface area (Å²) in [5, 5.41) is 12.0. The van der Waals surface area contributed by atoms with Crippen molar-refractivity contribution in [2.45, 2.75) is 18.1 Å². The molecule has 3 heterocycles. The Labute approximate surface area is 169 Å². The molecule has 0 bridgehead atoms. The number of benzene rings is 1. The number of nitrogens with one attached hydrogen (secondary N) is 1. The molecule has 0 saturated carbocycles. The highest BCUT2D eigenvalue weighted by molar-refractivity contribution is 7.99. The maximum Gasteiger partial charge on any atom is 0.219 e. The lowest BCUT2D eigenvalue weighted by Gasteiger charge is -2.08. The fourth-order valence-electron chi connectivity index (χ4n) is 2.92. The summed E-state index contributed by atoms with van der Waals surface area (Å²) < 4.78 is 1.85. The van der Waals surface area contributed by atoms with Crippen molar-refractivity contribution in [1.82, 2.24) is 19.7 Å². The lowest BCUT2D eigenvalue weighted by Crippen LogP contribution is -2.15. The first-order chi connectivity index (χ1) is 13.6. The number of primary amides is 1. The van der Waals surface area contributed by atoms with Crippen LogP contribution in [0.1, 0.15) is 16.8 Å². The van der Waals surface area contributed by atoms with Crippen LogP contribution in [0.2, 0.25) is 0 Å². The number of rotatable bonds is 8. The van der Waals surface area contributed by atoms with Gasteiger partial charge in [-0.3, -0.25) is 9.59 Å². The maximum atomic E-state index is 12.7. The predicted molar refractivity (Wildman–Crippen MR) is 110 cm³/mol. The highest BCUT2D eigenvalue weighted by Gasteiger charge is 2.18. The van der Waals surface area contributed by atoms with Crippen molar-refractivity contribution in [3.05, 3.63) is 53.5 Å². The van der Waals surface area contributed by atoms with E-state index in [4.69, 9.17) is 5.73 Å². The summed E-state index contributed by atoms with van der Waals surface area (Å²) in [5.74, 6) is 0.514. The van der Waals surface area contributed by atoms with Gasteiger partial charge in [0.25, 0.3) is 0 Å². The lowest BCUT2D eigenvalue weighted by molar-refractivity contribution is -0.118. The third kappa shape index (κ3) is 3.71. The molecule has 142 valence electrons. The van der Waals surface area contributed by atoms with Gasteiger partial charge >= 0.3 is 0 Å². The molecule has 0 atom stereocenters. The molecule has 0 spiro atoms. The van der Waals surface area contributed by atoms with Gasteiger partial charge in [0.2, 0.25) is 5.91 Å². The van der Waals surface area contributed by atoms with Crippen LogP contribution >= 0.6 is 23.1 Å². The van der Waals surface area contributed by atoms with Gasteiger partial charge in [0.1, 0.15) is 0 Å². The van der Waals surface area contributed by atoms with Gasteiger partial charge in [-0.1, -0.05) is 36.0 Å². The number of thioether (sulfide) groups is 1. The van der Waals surface area contributed by atoms with E-state index < -0.39 is 5.91 Å². The van der Waals surface area contributed by atoms with E-state index in [-0.39, 0.29) is 18.0 Å². The van der Waals surface area contributed by atoms with Crippen LogP contribution in [0, 0.1) is 0 Å². The summed E-state index contributed by atoms with van der Waals surface area (Å²) in [6.07, 6.45) is 1.92. The van der Waals surface area contributed by atoms with Crippen molar-refractivity contribution in [2.75, 3.05) is 5.75 Å². The molecule has 0 aliphatic rings. The van der Waals surface area contributed by atoms with Crippen molar-refractivity contribution in [2.24, 2.45) is 5.73 Å². The molecule has 3 N–H and O–H groups in total. The minimum atomic E-state index is -0.392. The maximum absolute atomic E-state index is 12.7. The Bertz CT molecular complexity index is 1130. The number of thiophene rings is 1. The van der Waals surface area contributed by atoms with E-state index in [1.165, 1.54) is 11.8 Å². The number of hydrogen-bond acceptors (Lipinski definition) is 6. The number of carbonyl (C=O) groups excluding carboxylic acids is 2. The van der Waals surface area contributed by atoms with E-state index in [2.05, 4.69) is 15.2 Å². The second-order valence-electron chi connectivity index (χ2n) is 6.11. The quantitative estimate of drug-likeness (QED) is 0.342. The van der Waals surface area contributed by atoms with E-state index in [0.29, 0.717) is 23.1 Å². The van der Waals surface area contributed by atoms with Gasteiger partial charge in [-0.2, -0.15) is 0 Å². The van der Waals surface area contributed by atoms with Crippen molar-refractivity contribution in [1.29, 1.82) is 0 Å². The Kier molecular flexibility index (Phi) is 5.27. The van der Waals surface area contributed by atoms with Crippen molar-refractivity contribution in [3.8, 4) is 10.7 Å². The molecule has 0 saturated heterocycles. The van der Waals surface area contributed by atoms with E-state index in [0.717, 1.165) is 15.8 Å². The van der Waals surface area contributed by atoms with Gasteiger partial charge in [0.15, 0.2) is 16.8 Å². The van der Waals surface area contributed by atoms with Crippen molar-refractivity contribution in [3.63, 3.8) is 0 Å².